The first-order chi connectivity index (χ1) is 10.6. The zero-order valence-electron chi connectivity index (χ0n) is 14.0. The van der Waals surface area contributed by atoms with E-state index < -0.39 is 11.2 Å². The number of likely N-dealkylation sites (tertiary alicyclic amines) is 1. The Balaban J connectivity index is 1.81. The molecule has 1 aromatic heterocycles. The number of aliphatic hydroxyl groups is 1. The topological polar surface area (TPSA) is 67.6 Å². The molecule has 3 unspecified atom stereocenters. The van der Waals surface area contributed by atoms with Crippen LogP contribution in [0.25, 0.3) is 0 Å². The largest absolute Gasteiger partial charge is 0.444 e. The number of rotatable bonds is 1. The summed E-state index contributed by atoms with van der Waals surface area (Å²) in [7, 11) is 1.89. The molecule has 3 atom stereocenters. The molecule has 2 fully saturated rings. The van der Waals surface area contributed by atoms with E-state index in [1.165, 1.54) is 0 Å². The van der Waals surface area contributed by atoms with Crippen molar-refractivity contribution in [3.05, 3.63) is 16.6 Å². The Hall–Kier alpha value is -1.08. The fraction of sp³-hybridized carbons (Fsp3) is 0.750. The smallest absolute Gasteiger partial charge is 0.410 e. The number of aromatic nitrogens is 2. The van der Waals surface area contributed by atoms with Crippen LogP contribution in [0.3, 0.4) is 0 Å². The van der Waals surface area contributed by atoms with E-state index in [9.17, 15) is 9.90 Å². The maximum absolute atomic E-state index is 12.4. The molecule has 1 saturated carbocycles. The SMILES string of the molecule is Cn1cc(Br)nc1C1(O)CCC2CC1CN2C(=O)OC(C)(C)C. The van der Waals surface area contributed by atoms with Gasteiger partial charge >= 0.3 is 6.09 Å². The third kappa shape index (κ3) is 3.01. The van der Waals surface area contributed by atoms with E-state index in [1.807, 2.05) is 38.6 Å². The highest BCUT2D eigenvalue weighted by Crippen LogP contribution is 2.47. The third-order valence-electron chi connectivity index (χ3n) is 4.81. The van der Waals surface area contributed by atoms with Gasteiger partial charge in [0.1, 0.15) is 21.6 Å². The molecule has 1 aliphatic carbocycles. The molecule has 1 amide bonds. The van der Waals surface area contributed by atoms with E-state index in [0.29, 0.717) is 23.4 Å². The Labute approximate surface area is 144 Å². The van der Waals surface area contributed by atoms with Crippen molar-refractivity contribution in [1.82, 2.24) is 14.5 Å². The van der Waals surface area contributed by atoms with Crippen LogP contribution >= 0.6 is 15.9 Å². The van der Waals surface area contributed by atoms with Crippen LogP contribution in [0.2, 0.25) is 0 Å². The van der Waals surface area contributed by atoms with Gasteiger partial charge in [-0.2, -0.15) is 0 Å². The molecule has 0 spiro atoms. The summed E-state index contributed by atoms with van der Waals surface area (Å²) in [4.78, 5) is 18.6. The van der Waals surface area contributed by atoms with Gasteiger partial charge in [0.2, 0.25) is 0 Å². The molecule has 6 nitrogen and oxygen atoms in total. The maximum Gasteiger partial charge on any atom is 0.410 e. The first kappa shape index (κ1) is 16.8. The summed E-state index contributed by atoms with van der Waals surface area (Å²) in [6.07, 6.45) is 3.73. The minimum absolute atomic E-state index is 0.0123. The van der Waals surface area contributed by atoms with Crippen molar-refractivity contribution in [3.63, 3.8) is 0 Å². The Morgan fingerprint density at radius 2 is 2.22 bits per heavy atom. The molecule has 7 heteroatoms. The normalized spacial score (nSPS) is 30.6. The third-order valence-corrected chi connectivity index (χ3v) is 5.19. The highest BCUT2D eigenvalue weighted by atomic mass is 79.9. The Kier molecular flexibility index (Phi) is 3.99. The maximum atomic E-state index is 12.4. The van der Waals surface area contributed by atoms with Gasteiger partial charge in [0.05, 0.1) is 0 Å². The Morgan fingerprint density at radius 3 is 2.78 bits per heavy atom. The average molecular weight is 386 g/mol. The van der Waals surface area contributed by atoms with E-state index in [2.05, 4.69) is 20.9 Å². The van der Waals surface area contributed by atoms with Gasteiger partial charge in [-0.3, -0.25) is 0 Å². The van der Waals surface area contributed by atoms with E-state index >= 15 is 0 Å². The molecule has 2 heterocycles. The van der Waals surface area contributed by atoms with Crippen LogP contribution in [0.15, 0.2) is 10.8 Å². The summed E-state index contributed by atoms with van der Waals surface area (Å²) in [6, 6.07) is 0.152. The van der Waals surface area contributed by atoms with Gasteiger partial charge in [-0.25, -0.2) is 9.78 Å². The highest BCUT2D eigenvalue weighted by molar-refractivity contribution is 9.10. The first-order valence-corrected chi connectivity index (χ1v) is 8.81. The molecule has 3 rings (SSSR count). The van der Waals surface area contributed by atoms with Crippen LogP contribution in [0.4, 0.5) is 4.79 Å². The molecule has 1 N–H and O–H groups in total. The van der Waals surface area contributed by atoms with Gasteiger partial charge in [0.25, 0.3) is 0 Å². The summed E-state index contributed by atoms with van der Waals surface area (Å²) in [5.74, 6) is 0.653. The number of fused-ring (bicyclic) bond motifs is 2. The summed E-state index contributed by atoms with van der Waals surface area (Å²) >= 11 is 3.37. The minimum Gasteiger partial charge on any atom is -0.444 e. The summed E-state index contributed by atoms with van der Waals surface area (Å²) in [5, 5.41) is 11.3. The predicted molar refractivity (Wildman–Crippen MR) is 88.9 cm³/mol. The number of carbonyl (C=O) groups is 1. The fourth-order valence-corrected chi connectivity index (χ4v) is 4.27. The standard InChI is InChI=1S/C16H24BrN3O3/c1-15(2,3)23-14(21)20-8-10-7-11(20)5-6-16(10,22)13-18-12(17)9-19(13)4/h9-11,22H,5-8H2,1-4H3. The summed E-state index contributed by atoms with van der Waals surface area (Å²) in [5.41, 5.74) is -1.50. The van der Waals surface area contributed by atoms with Gasteiger partial charge in [0, 0.05) is 31.7 Å². The second kappa shape index (κ2) is 5.48. The number of hydrogen-bond donors (Lipinski definition) is 1. The van der Waals surface area contributed by atoms with Gasteiger partial charge in [-0.05, 0) is 56.0 Å². The van der Waals surface area contributed by atoms with Gasteiger partial charge < -0.3 is 19.3 Å². The lowest BCUT2D eigenvalue weighted by Crippen LogP contribution is -2.41. The van der Waals surface area contributed by atoms with Crippen LogP contribution in [0, 0.1) is 5.92 Å². The summed E-state index contributed by atoms with van der Waals surface area (Å²) < 4.78 is 8.09. The van der Waals surface area contributed by atoms with Crippen molar-refractivity contribution in [3.8, 4) is 0 Å². The lowest BCUT2D eigenvalue weighted by atomic mass is 9.76. The van der Waals surface area contributed by atoms with Crippen LogP contribution in [0.5, 0.6) is 0 Å². The van der Waals surface area contributed by atoms with Crippen molar-refractivity contribution in [2.24, 2.45) is 13.0 Å². The minimum atomic E-state index is -0.992. The molecule has 1 saturated heterocycles. The average Bonchev–Trinajstić information content (AvgIpc) is 2.95. The molecule has 0 radical (unpaired) electrons. The highest BCUT2D eigenvalue weighted by Gasteiger charge is 2.53. The molecule has 1 aliphatic heterocycles. The number of amides is 1. The first-order valence-electron chi connectivity index (χ1n) is 8.01. The number of halogens is 1. The Bertz CT molecular complexity index is 625. The molecule has 128 valence electrons. The molecule has 2 aliphatic rings. The lowest BCUT2D eigenvalue weighted by Gasteiger charge is -2.36. The lowest BCUT2D eigenvalue weighted by molar-refractivity contribution is -0.0487. The van der Waals surface area contributed by atoms with E-state index in [4.69, 9.17) is 4.74 Å². The van der Waals surface area contributed by atoms with Gasteiger partial charge in [-0.1, -0.05) is 0 Å². The molecule has 2 bridgehead atoms. The molecular weight excluding hydrogens is 362 g/mol. The van der Waals surface area contributed by atoms with E-state index in [1.54, 1.807) is 4.90 Å². The summed E-state index contributed by atoms with van der Waals surface area (Å²) in [6.45, 7) is 6.12. The van der Waals surface area contributed by atoms with Crippen LogP contribution in [-0.4, -0.2) is 43.8 Å². The quantitative estimate of drug-likeness (QED) is 0.806. The van der Waals surface area contributed by atoms with Crippen molar-refractivity contribution in [2.45, 2.75) is 57.3 Å². The van der Waals surface area contributed by atoms with Crippen molar-refractivity contribution < 1.29 is 14.6 Å². The van der Waals surface area contributed by atoms with E-state index in [-0.39, 0.29) is 18.1 Å². The fourth-order valence-electron chi connectivity index (χ4n) is 3.80. The predicted octanol–water partition coefficient (Wildman–Crippen LogP) is 2.79. The second-order valence-electron chi connectivity index (χ2n) is 7.68. The number of ether oxygens (including phenoxy) is 1. The molecule has 23 heavy (non-hydrogen) atoms. The molecule has 0 aromatic carbocycles. The number of aryl methyl sites for hydroxylation is 1. The monoisotopic (exact) mass is 385 g/mol. The number of imidazole rings is 1. The van der Waals surface area contributed by atoms with Crippen LogP contribution in [-0.2, 0) is 17.4 Å². The number of hydrogen-bond acceptors (Lipinski definition) is 4. The van der Waals surface area contributed by atoms with Crippen LogP contribution < -0.4 is 0 Å². The van der Waals surface area contributed by atoms with Crippen molar-refractivity contribution >= 4 is 22.0 Å². The zero-order chi connectivity index (χ0) is 17.0. The van der Waals surface area contributed by atoms with Gasteiger partial charge in [-0.15, -0.1) is 0 Å². The van der Waals surface area contributed by atoms with E-state index in [0.717, 1.165) is 12.8 Å². The Morgan fingerprint density at radius 1 is 1.52 bits per heavy atom. The van der Waals surface area contributed by atoms with Crippen molar-refractivity contribution in [2.75, 3.05) is 6.54 Å². The van der Waals surface area contributed by atoms with Gasteiger partial charge in [0.15, 0.2) is 0 Å². The van der Waals surface area contributed by atoms with Crippen molar-refractivity contribution in [1.29, 1.82) is 0 Å². The zero-order valence-corrected chi connectivity index (χ0v) is 15.6. The van der Waals surface area contributed by atoms with Crippen LogP contribution in [0.1, 0.15) is 45.9 Å². The second-order valence-corrected chi connectivity index (χ2v) is 8.49. The number of nitrogens with zero attached hydrogens (tertiary/aromatic N) is 3. The number of carbonyl (C=O) groups excluding carboxylic acids is 1. The molecular formula is C16H24BrN3O3. The molecule has 1 aromatic rings.